The number of carbonyl (C=O) groups is 1. The van der Waals surface area contributed by atoms with Crippen molar-refractivity contribution in [3.8, 4) is 11.5 Å². The molecule has 0 aliphatic carbocycles. The van der Waals surface area contributed by atoms with Crippen molar-refractivity contribution in [2.75, 3.05) is 12.4 Å². The van der Waals surface area contributed by atoms with Gasteiger partial charge in [0, 0.05) is 0 Å². The summed E-state index contributed by atoms with van der Waals surface area (Å²) in [4.78, 5) is 12.6. The van der Waals surface area contributed by atoms with Crippen molar-refractivity contribution in [2.45, 2.75) is 13.5 Å². The van der Waals surface area contributed by atoms with Crippen LogP contribution in [0.25, 0.3) is 0 Å². The van der Waals surface area contributed by atoms with Crippen molar-refractivity contribution in [3.05, 3.63) is 70.6 Å². The Balaban J connectivity index is 1.79. The van der Waals surface area contributed by atoms with Crippen LogP contribution in [0.15, 0.2) is 53.1 Å². The van der Waals surface area contributed by atoms with E-state index >= 15 is 0 Å². The molecular formula is C19H17ClN2O4. The van der Waals surface area contributed by atoms with Crippen molar-refractivity contribution >= 4 is 23.2 Å². The lowest BCUT2D eigenvalue weighted by Crippen LogP contribution is -2.16. The molecule has 3 rings (SSSR count). The van der Waals surface area contributed by atoms with E-state index in [-0.39, 0.29) is 12.3 Å². The van der Waals surface area contributed by atoms with E-state index in [0.717, 1.165) is 0 Å². The van der Waals surface area contributed by atoms with E-state index < -0.39 is 5.91 Å². The van der Waals surface area contributed by atoms with Crippen molar-refractivity contribution < 1.29 is 18.8 Å². The average Bonchev–Trinajstić information content (AvgIpc) is 3.02. The quantitative estimate of drug-likeness (QED) is 0.690. The summed E-state index contributed by atoms with van der Waals surface area (Å²) >= 11 is 6.09. The second-order valence-electron chi connectivity index (χ2n) is 5.44. The van der Waals surface area contributed by atoms with Crippen LogP contribution in [0.4, 0.5) is 5.69 Å². The lowest BCUT2D eigenvalue weighted by Gasteiger charge is -2.10. The van der Waals surface area contributed by atoms with Crippen LogP contribution < -0.4 is 14.8 Å². The Hall–Kier alpha value is -2.99. The molecule has 0 unspecified atom stereocenters. The summed E-state index contributed by atoms with van der Waals surface area (Å²) in [6.45, 7) is 1.83. The Morgan fingerprint density at radius 2 is 1.85 bits per heavy atom. The number of para-hydroxylation sites is 3. The first-order valence-corrected chi connectivity index (χ1v) is 8.24. The zero-order valence-corrected chi connectivity index (χ0v) is 15.0. The third kappa shape index (κ3) is 3.81. The SMILES string of the molecule is COc1ccccc1NC(=O)c1noc(C)c1COc1ccccc1Cl. The molecule has 0 radical (unpaired) electrons. The summed E-state index contributed by atoms with van der Waals surface area (Å²) in [5, 5.41) is 7.12. The number of hydrogen-bond donors (Lipinski definition) is 1. The fraction of sp³-hybridized carbons (Fsp3) is 0.158. The van der Waals surface area contributed by atoms with Gasteiger partial charge in [-0.3, -0.25) is 4.79 Å². The van der Waals surface area contributed by atoms with E-state index in [1.165, 1.54) is 7.11 Å². The van der Waals surface area contributed by atoms with Gasteiger partial charge in [0.15, 0.2) is 5.69 Å². The molecule has 0 fully saturated rings. The van der Waals surface area contributed by atoms with Crippen LogP contribution in [0, 0.1) is 6.92 Å². The Morgan fingerprint density at radius 1 is 1.15 bits per heavy atom. The summed E-state index contributed by atoms with van der Waals surface area (Å²) in [6.07, 6.45) is 0. The van der Waals surface area contributed by atoms with Gasteiger partial charge in [0.05, 0.1) is 23.4 Å². The average molecular weight is 373 g/mol. The highest BCUT2D eigenvalue weighted by atomic mass is 35.5. The minimum absolute atomic E-state index is 0.105. The number of nitrogens with one attached hydrogen (secondary N) is 1. The lowest BCUT2D eigenvalue weighted by molar-refractivity contribution is 0.101. The van der Waals surface area contributed by atoms with E-state index in [1.807, 2.05) is 18.2 Å². The van der Waals surface area contributed by atoms with Crippen LogP contribution in [0.2, 0.25) is 5.02 Å². The number of anilines is 1. The molecule has 3 aromatic rings. The third-order valence-corrected chi connectivity index (χ3v) is 4.08. The maximum Gasteiger partial charge on any atom is 0.278 e. The molecular weight excluding hydrogens is 356 g/mol. The zero-order chi connectivity index (χ0) is 18.5. The van der Waals surface area contributed by atoms with Gasteiger partial charge < -0.3 is 19.3 Å². The van der Waals surface area contributed by atoms with Crippen LogP contribution in [0.5, 0.6) is 11.5 Å². The molecule has 0 aliphatic rings. The number of ether oxygens (including phenoxy) is 2. The van der Waals surface area contributed by atoms with Crippen LogP contribution in [-0.2, 0) is 6.61 Å². The summed E-state index contributed by atoms with van der Waals surface area (Å²) in [7, 11) is 1.54. The second kappa shape index (κ2) is 7.93. The first-order chi connectivity index (χ1) is 12.6. The highest BCUT2D eigenvalue weighted by molar-refractivity contribution is 6.32. The number of benzene rings is 2. The maximum atomic E-state index is 12.6. The van der Waals surface area contributed by atoms with E-state index in [1.54, 1.807) is 37.3 Å². The Labute approximate surface area is 155 Å². The predicted molar refractivity (Wildman–Crippen MR) is 98.0 cm³/mol. The number of halogens is 1. The van der Waals surface area contributed by atoms with Gasteiger partial charge in [-0.2, -0.15) is 0 Å². The van der Waals surface area contributed by atoms with Gasteiger partial charge in [-0.15, -0.1) is 0 Å². The van der Waals surface area contributed by atoms with Gasteiger partial charge in [0.25, 0.3) is 5.91 Å². The van der Waals surface area contributed by atoms with E-state index in [4.69, 9.17) is 25.6 Å². The monoisotopic (exact) mass is 372 g/mol. The van der Waals surface area contributed by atoms with Gasteiger partial charge in [-0.25, -0.2) is 0 Å². The van der Waals surface area contributed by atoms with Crippen LogP contribution >= 0.6 is 11.6 Å². The smallest absolute Gasteiger partial charge is 0.278 e. The summed E-state index contributed by atoms with van der Waals surface area (Å²) in [5.41, 5.74) is 1.25. The number of carbonyl (C=O) groups excluding carboxylic acids is 1. The number of hydrogen-bond acceptors (Lipinski definition) is 5. The van der Waals surface area contributed by atoms with E-state index in [9.17, 15) is 4.79 Å². The highest BCUT2D eigenvalue weighted by Gasteiger charge is 2.21. The Morgan fingerprint density at radius 3 is 2.58 bits per heavy atom. The second-order valence-corrected chi connectivity index (χ2v) is 5.85. The molecule has 26 heavy (non-hydrogen) atoms. The number of methoxy groups -OCH3 is 1. The predicted octanol–water partition coefficient (Wildman–Crippen LogP) is 4.48. The molecule has 134 valence electrons. The van der Waals surface area contributed by atoms with Gasteiger partial charge in [0.2, 0.25) is 0 Å². The van der Waals surface area contributed by atoms with Crippen molar-refractivity contribution in [2.24, 2.45) is 0 Å². The van der Waals surface area contributed by atoms with Crippen molar-refractivity contribution in [1.82, 2.24) is 5.16 Å². The topological polar surface area (TPSA) is 73.6 Å². The molecule has 2 aromatic carbocycles. The van der Waals surface area contributed by atoms with Crippen LogP contribution in [0.3, 0.4) is 0 Å². The van der Waals surface area contributed by atoms with Gasteiger partial charge in [0.1, 0.15) is 23.9 Å². The fourth-order valence-corrected chi connectivity index (χ4v) is 2.57. The molecule has 1 amide bonds. The number of nitrogens with zero attached hydrogens (tertiary/aromatic N) is 1. The minimum atomic E-state index is -0.413. The maximum absolute atomic E-state index is 12.6. The lowest BCUT2D eigenvalue weighted by atomic mass is 10.2. The molecule has 0 aliphatic heterocycles. The van der Waals surface area contributed by atoms with Gasteiger partial charge in [-0.05, 0) is 31.2 Å². The molecule has 0 saturated heterocycles. The van der Waals surface area contributed by atoms with E-state index in [2.05, 4.69) is 10.5 Å². The zero-order valence-electron chi connectivity index (χ0n) is 14.3. The molecule has 0 saturated carbocycles. The summed E-state index contributed by atoms with van der Waals surface area (Å²) in [5.74, 6) is 1.16. The van der Waals surface area contributed by atoms with Crippen molar-refractivity contribution in [3.63, 3.8) is 0 Å². The van der Waals surface area contributed by atoms with Gasteiger partial charge in [-0.1, -0.05) is 41.0 Å². The summed E-state index contributed by atoms with van der Waals surface area (Å²) < 4.78 is 16.1. The first kappa shape index (κ1) is 17.8. The highest BCUT2D eigenvalue weighted by Crippen LogP contribution is 2.27. The molecule has 0 spiro atoms. The van der Waals surface area contributed by atoms with Crippen LogP contribution in [0.1, 0.15) is 21.8 Å². The summed E-state index contributed by atoms with van der Waals surface area (Å²) in [6, 6.07) is 14.2. The Bertz CT molecular complexity index is 923. The molecule has 0 bridgehead atoms. The number of amides is 1. The molecule has 1 heterocycles. The number of aromatic nitrogens is 1. The first-order valence-electron chi connectivity index (χ1n) is 7.87. The van der Waals surface area contributed by atoms with Crippen molar-refractivity contribution in [1.29, 1.82) is 0 Å². The third-order valence-electron chi connectivity index (χ3n) is 3.76. The number of aryl methyl sites for hydroxylation is 1. The minimum Gasteiger partial charge on any atom is -0.495 e. The standard InChI is InChI=1S/C19H17ClN2O4/c1-12-13(11-25-16-9-5-3-7-14(16)20)18(22-26-12)19(23)21-15-8-4-6-10-17(15)24-2/h3-10H,11H2,1-2H3,(H,21,23). The molecule has 1 aromatic heterocycles. The fourth-order valence-electron chi connectivity index (χ4n) is 2.38. The van der Waals surface area contributed by atoms with E-state index in [0.29, 0.717) is 33.5 Å². The van der Waals surface area contributed by atoms with Gasteiger partial charge >= 0.3 is 0 Å². The van der Waals surface area contributed by atoms with Crippen LogP contribution in [-0.4, -0.2) is 18.2 Å². The molecule has 1 N–H and O–H groups in total. The molecule has 7 heteroatoms. The molecule has 6 nitrogen and oxygen atoms in total. The number of rotatable bonds is 6. The molecule has 0 atom stereocenters. The largest absolute Gasteiger partial charge is 0.495 e. The Kier molecular flexibility index (Phi) is 5.43. The normalized spacial score (nSPS) is 10.4.